The highest BCUT2D eigenvalue weighted by molar-refractivity contribution is 9.09. The summed E-state index contributed by atoms with van der Waals surface area (Å²) in [6.45, 7) is 0.636. The highest BCUT2D eigenvalue weighted by Gasteiger charge is 2.14. The minimum Gasteiger partial charge on any atom is -0.440 e. The molecule has 0 spiro atoms. The van der Waals surface area contributed by atoms with Crippen molar-refractivity contribution in [2.24, 2.45) is 0 Å². The normalized spacial score (nSPS) is 10.1. The van der Waals surface area contributed by atoms with E-state index >= 15 is 0 Å². The van der Waals surface area contributed by atoms with Gasteiger partial charge in [-0.1, -0.05) is 15.9 Å². The van der Waals surface area contributed by atoms with Crippen molar-refractivity contribution in [1.29, 1.82) is 0 Å². The molecule has 1 heterocycles. The minimum absolute atomic E-state index is 0.161. The van der Waals surface area contributed by atoms with Crippen LogP contribution in [0.15, 0.2) is 16.5 Å². The fourth-order valence-corrected chi connectivity index (χ4v) is 1.52. The third kappa shape index (κ3) is 2.74. The van der Waals surface area contributed by atoms with Crippen LogP contribution in [0.25, 0.3) is 0 Å². The third-order valence-electron chi connectivity index (χ3n) is 1.55. The average molecular weight is 267 g/mol. The van der Waals surface area contributed by atoms with Crippen molar-refractivity contribution in [3.8, 4) is 0 Å². The summed E-state index contributed by atoms with van der Waals surface area (Å²) in [4.78, 5) is 13.1. The maximum atomic E-state index is 11.5. The lowest BCUT2D eigenvalue weighted by atomic mass is 10.4. The maximum Gasteiger partial charge on any atom is 0.289 e. The molecule has 0 aliphatic rings. The number of carbonyl (C=O) groups is 1. The summed E-state index contributed by atoms with van der Waals surface area (Å²) < 4.78 is 4.97. The first-order chi connectivity index (χ1) is 6.15. The zero-order valence-electron chi connectivity index (χ0n) is 7.09. The Morgan fingerprint density at radius 1 is 1.69 bits per heavy atom. The second-order valence-corrected chi connectivity index (χ2v) is 3.68. The van der Waals surface area contributed by atoms with Crippen molar-refractivity contribution in [1.82, 2.24) is 4.90 Å². The number of alkyl halides is 1. The fraction of sp³-hybridized carbons (Fsp3) is 0.375. The Morgan fingerprint density at radius 3 is 2.85 bits per heavy atom. The van der Waals surface area contributed by atoms with Crippen LogP contribution in [0.3, 0.4) is 0 Å². The summed E-state index contributed by atoms with van der Waals surface area (Å²) in [6.07, 6.45) is 0. The van der Waals surface area contributed by atoms with Gasteiger partial charge >= 0.3 is 0 Å². The summed E-state index contributed by atoms with van der Waals surface area (Å²) >= 11 is 8.79. The predicted octanol–water partition coefficient (Wildman–Crippen LogP) is 2.40. The first-order valence-corrected chi connectivity index (χ1v) is 5.22. The number of carbonyl (C=O) groups excluding carboxylic acids is 1. The van der Waals surface area contributed by atoms with Gasteiger partial charge in [-0.05, 0) is 23.7 Å². The number of furan rings is 1. The SMILES string of the molecule is CN(CCBr)C(=O)c1ccc(Cl)o1. The molecule has 72 valence electrons. The Balaban J connectivity index is 2.67. The molecule has 0 saturated carbocycles. The van der Waals surface area contributed by atoms with Gasteiger partial charge in [0.1, 0.15) is 0 Å². The molecule has 1 amide bonds. The molecule has 0 bridgehead atoms. The van der Waals surface area contributed by atoms with E-state index in [9.17, 15) is 4.79 Å². The van der Waals surface area contributed by atoms with Gasteiger partial charge < -0.3 is 9.32 Å². The number of halogens is 2. The van der Waals surface area contributed by atoms with Gasteiger partial charge in [0, 0.05) is 18.9 Å². The third-order valence-corrected chi connectivity index (χ3v) is 2.11. The average Bonchev–Trinajstić information content (AvgIpc) is 2.51. The Hall–Kier alpha value is -0.480. The molecule has 0 fully saturated rings. The summed E-state index contributed by atoms with van der Waals surface area (Å²) in [5.74, 6) is 0.111. The van der Waals surface area contributed by atoms with Crippen molar-refractivity contribution in [2.45, 2.75) is 0 Å². The van der Waals surface area contributed by atoms with Crippen molar-refractivity contribution >= 4 is 33.4 Å². The van der Waals surface area contributed by atoms with Gasteiger partial charge in [-0.25, -0.2) is 0 Å². The number of amides is 1. The number of nitrogens with zero attached hydrogens (tertiary/aromatic N) is 1. The molecular weight excluding hydrogens is 257 g/mol. The predicted molar refractivity (Wildman–Crippen MR) is 54.5 cm³/mol. The molecule has 0 aliphatic heterocycles. The standard InChI is InChI=1S/C8H9BrClNO2/c1-11(5-4-9)8(12)6-2-3-7(10)13-6/h2-3H,4-5H2,1H3. The van der Waals surface area contributed by atoms with Gasteiger partial charge in [-0.2, -0.15) is 0 Å². The first kappa shape index (κ1) is 10.6. The van der Waals surface area contributed by atoms with Crippen LogP contribution in [-0.2, 0) is 0 Å². The van der Waals surface area contributed by atoms with Crippen LogP contribution in [0.2, 0.25) is 5.22 Å². The van der Waals surface area contributed by atoms with E-state index in [0.717, 1.165) is 5.33 Å². The van der Waals surface area contributed by atoms with Crippen LogP contribution in [-0.4, -0.2) is 29.7 Å². The van der Waals surface area contributed by atoms with Crippen LogP contribution in [0, 0.1) is 0 Å². The molecule has 1 aromatic rings. The summed E-state index contributed by atoms with van der Waals surface area (Å²) in [5, 5.41) is 0.972. The molecule has 0 radical (unpaired) electrons. The number of hydrogen-bond acceptors (Lipinski definition) is 2. The molecule has 0 atom stereocenters. The second kappa shape index (κ2) is 4.67. The minimum atomic E-state index is -0.161. The van der Waals surface area contributed by atoms with E-state index in [1.165, 1.54) is 0 Å². The molecule has 0 aliphatic carbocycles. The van der Waals surface area contributed by atoms with Crippen LogP contribution in [0.1, 0.15) is 10.6 Å². The number of rotatable bonds is 3. The summed E-state index contributed by atoms with van der Waals surface area (Å²) in [7, 11) is 1.71. The van der Waals surface area contributed by atoms with E-state index in [2.05, 4.69) is 15.9 Å². The Morgan fingerprint density at radius 2 is 2.38 bits per heavy atom. The molecule has 3 nitrogen and oxygen atoms in total. The molecule has 13 heavy (non-hydrogen) atoms. The van der Waals surface area contributed by atoms with E-state index in [4.69, 9.17) is 16.0 Å². The molecule has 0 aromatic carbocycles. The summed E-state index contributed by atoms with van der Waals surface area (Å²) in [5.41, 5.74) is 0. The largest absolute Gasteiger partial charge is 0.440 e. The quantitative estimate of drug-likeness (QED) is 0.787. The van der Waals surface area contributed by atoms with Gasteiger partial charge in [-0.15, -0.1) is 0 Å². The molecule has 1 rings (SSSR count). The summed E-state index contributed by atoms with van der Waals surface area (Å²) in [6, 6.07) is 3.12. The maximum absolute atomic E-state index is 11.5. The van der Waals surface area contributed by atoms with Gasteiger partial charge in [-0.3, -0.25) is 4.79 Å². The van der Waals surface area contributed by atoms with E-state index in [0.29, 0.717) is 6.54 Å². The van der Waals surface area contributed by atoms with Crippen LogP contribution >= 0.6 is 27.5 Å². The molecule has 5 heteroatoms. The molecule has 0 N–H and O–H groups in total. The zero-order valence-corrected chi connectivity index (χ0v) is 9.43. The monoisotopic (exact) mass is 265 g/mol. The Bertz CT molecular complexity index is 300. The Kier molecular flexibility index (Phi) is 3.81. The molecule has 1 aromatic heterocycles. The smallest absolute Gasteiger partial charge is 0.289 e. The fourth-order valence-electron chi connectivity index (χ4n) is 0.846. The van der Waals surface area contributed by atoms with Gasteiger partial charge in [0.15, 0.2) is 11.0 Å². The highest BCUT2D eigenvalue weighted by atomic mass is 79.9. The van der Waals surface area contributed by atoms with Crippen molar-refractivity contribution in [2.75, 3.05) is 18.9 Å². The van der Waals surface area contributed by atoms with Crippen LogP contribution in [0.5, 0.6) is 0 Å². The van der Waals surface area contributed by atoms with Crippen molar-refractivity contribution < 1.29 is 9.21 Å². The second-order valence-electron chi connectivity index (χ2n) is 2.52. The van der Waals surface area contributed by atoms with Gasteiger partial charge in [0.05, 0.1) is 0 Å². The van der Waals surface area contributed by atoms with Crippen LogP contribution in [0.4, 0.5) is 0 Å². The Labute approximate surface area is 89.8 Å². The highest BCUT2D eigenvalue weighted by Crippen LogP contribution is 2.14. The zero-order chi connectivity index (χ0) is 9.84. The molecule has 0 unspecified atom stereocenters. The number of hydrogen-bond donors (Lipinski definition) is 0. The lowest BCUT2D eigenvalue weighted by Gasteiger charge is -2.13. The van der Waals surface area contributed by atoms with Gasteiger partial charge in [0.25, 0.3) is 5.91 Å². The van der Waals surface area contributed by atoms with Crippen LogP contribution < -0.4 is 0 Å². The molecule has 0 saturated heterocycles. The van der Waals surface area contributed by atoms with E-state index in [1.807, 2.05) is 0 Å². The lowest BCUT2D eigenvalue weighted by Crippen LogP contribution is -2.27. The van der Waals surface area contributed by atoms with Crippen molar-refractivity contribution in [3.05, 3.63) is 23.1 Å². The van der Waals surface area contributed by atoms with Crippen molar-refractivity contribution in [3.63, 3.8) is 0 Å². The first-order valence-electron chi connectivity index (χ1n) is 3.72. The van der Waals surface area contributed by atoms with Gasteiger partial charge in [0.2, 0.25) is 0 Å². The van der Waals surface area contributed by atoms with E-state index in [1.54, 1.807) is 24.1 Å². The lowest BCUT2D eigenvalue weighted by molar-refractivity contribution is 0.0773. The van der Waals surface area contributed by atoms with E-state index < -0.39 is 0 Å². The van der Waals surface area contributed by atoms with E-state index in [-0.39, 0.29) is 16.9 Å². The molecular formula is C8H9BrClNO2. The topological polar surface area (TPSA) is 33.5 Å².